The summed E-state index contributed by atoms with van der Waals surface area (Å²) in [4.78, 5) is 14.5. The maximum Gasteiger partial charge on any atom is 0.212 e. The normalized spacial score (nSPS) is 9.79. The molecule has 0 atom stereocenters. The summed E-state index contributed by atoms with van der Waals surface area (Å²) >= 11 is 0. The standard InChI is InChI=1S/C10H10N2O.ClH/c1-6-3-2-4-7-9(6)12-5-8(11)10(7)13;/h2-5H,11H2,1H3,(H,12,13);1H. The number of nitrogen functional groups attached to an aromatic ring is 1. The molecule has 0 spiro atoms. The highest BCUT2D eigenvalue weighted by Gasteiger charge is 2.02. The molecule has 1 heterocycles. The molecule has 0 fully saturated rings. The number of nitrogens with one attached hydrogen (secondary N) is 1. The molecule has 14 heavy (non-hydrogen) atoms. The number of para-hydroxylation sites is 1. The summed E-state index contributed by atoms with van der Waals surface area (Å²) in [5.74, 6) is 0. The minimum absolute atomic E-state index is 0. The molecule has 1 aromatic heterocycles. The fraction of sp³-hybridized carbons (Fsp3) is 0.100. The lowest BCUT2D eigenvalue weighted by atomic mass is 10.1. The van der Waals surface area contributed by atoms with E-state index in [0.29, 0.717) is 5.39 Å². The van der Waals surface area contributed by atoms with Gasteiger partial charge in [0.1, 0.15) is 0 Å². The Morgan fingerprint density at radius 2 is 2.07 bits per heavy atom. The van der Waals surface area contributed by atoms with E-state index in [1.54, 1.807) is 6.07 Å². The first kappa shape index (κ1) is 10.6. The summed E-state index contributed by atoms with van der Waals surface area (Å²) < 4.78 is 0. The topological polar surface area (TPSA) is 58.9 Å². The van der Waals surface area contributed by atoms with Crippen LogP contribution in [0.15, 0.2) is 29.2 Å². The number of fused-ring (bicyclic) bond motifs is 1. The molecule has 74 valence electrons. The fourth-order valence-electron chi connectivity index (χ4n) is 1.42. The van der Waals surface area contributed by atoms with Crippen molar-refractivity contribution in [3.05, 3.63) is 40.2 Å². The number of aromatic amines is 1. The van der Waals surface area contributed by atoms with Crippen LogP contribution in [0.2, 0.25) is 0 Å². The number of rotatable bonds is 0. The molecule has 0 aliphatic carbocycles. The van der Waals surface area contributed by atoms with Crippen molar-refractivity contribution in [3.8, 4) is 0 Å². The van der Waals surface area contributed by atoms with Crippen molar-refractivity contribution >= 4 is 29.0 Å². The zero-order valence-electron chi connectivity index (χ0n) is 7.70. The third-order valence-corrected chi connectivity index (χ3v) is 2.15. The van der Waals surface area contributed by atoms with Gasteiger partial charge in [0.15, 0.2) is 0 Å². The number of aromatic nitrogens is 1. The van der Waals surface area contributed by atoms with Crippen molar-refractivity contribution in [1.82, 2.24) is 4.98 Å². The van der Waals surface area contributed by atoms with Crippen LogP contribution < -0.4 is 11.2 Å². The van der Waals surface area contributed by atoms with E-state index >= 15 is 0 Å². The predicted octanol–water partition coefficient (Wildman–Crippen LogP) is 1.84. The Bertz CT molecular complexity index is 519. The molecule has 0 saturated carbocycles. The molecule has 0 unspecified atom stereocenters. The second kappa shape index (κ2) is 3.72. The van der Waals surface area contributed by atoms with Crippen LogP contribution in [-0.4, -0.2) is 4.98 Å². The minimum Gasteiger partial charge on any atom is -0.394 e. The number of hydrogen-bond acceptors (Lipinski definition) is 2. The van der Waals surface area contributed by atoms with E-state index in [1.165, 1.54) is 6.20 Å². The van der Waals surface area contributed by atoms with Crippen LogP contribution in [0, 0.1) is 6.92 Å². The molecular formula is C10H11ClN2O. The first-order valence-electron chi connectivity index (χ1n) is 4.06. The van der Waals surface area contributed by atoms with Gasteiger partial charge in [-0.25, -0.2) is 0 Å². The van der Waals surface area contributed by atoms with Gasteiger partial charge in [-0.15, -0.1) is 12.4 Å². The van der Waals surface area contributed by atoms with E-state index in [-0.39, 0.29) is 23.5 Å². The van der Waals surface area contributed by atoms with Gasteiger partial charge in [-0.2, -0.15) is 0 Å². The van der Waals surface area contributed by atoms with Crippen LogP contribution in [0.4, 0.5) is 5.69 Å². The Balaban J connectivity index is 0.000000980. The Hall–Kier alpha value is -1.48. The monoisotopic (exact) mass is 210 g/mol. The van der Waals surface area contributed by atoms with Crippen LogP contribution in [0.1, 0.15) is 5.56 Å². The zero-order valence-corrected chi connectivity index (χ0v) is 8.52. The van der Waals surface area contributed by atoms with Crippen molar-refractivity contribution in [2.75, 3.05) is 5.73 Å². The lowest BCUT2D eigenvalue weighted by molar-refractivity contribution is 1.35. The Labute approximate surface area is 87.4 Å². The third-order valence-electron chi connectivity index (χ3n) is 2.15. The van der Waals surface area contributed by atoms with E-state index in [9.17, 15) is 4.79 Å². The summed E-state index contributed by atoms with van der Waals surface area (Å²) in [6, 6.07) is 5.58. The largest absolute Gasteiger partial charge is 0.394 e. The second-order valence-corrected chi connectivity index (χ2v) is 3.07. The highest BCUT2D eigenvalue weighted by Crippen LogP contribution is 2.12. The predicted molar refractivity (Wildman–Crippen MR) is 61.0 cm³/mol. The van der Waals surface area contributed by atoms with Crippen molar-refractivity contribution in [3.63, 3.8) is 0 Å². The number of hydrogen-bond donors (Lipinski definition) is 2. The summed E-state index contributed by atoms with van der Waals surface area (Å²) in [6.07, 6.45) is 1.54. The zero-order chi connectivity index (χ0) is 9.42. The SMILES string of the molecule is Cc1cccc2c(=O)c(N)c[nH]c12.Cl. The first-order chi connectivity index (χ1) is 6.20. The lowest BCUT2D eigenvalue weighted by Crippen LogP contribution is -2.09. The van der Waals surface area contributed by atoms with Gasteiger partial charge in [0.25, 0.3) is 0 Å². The van der Waals surface area contributed by atoms with Crippen molar-refractivity contribution in [2.45, 2.75) is 6.92 Å². The maximum absolute atomic E-state index is 11.5. The molecule has 2 rings (SSSR count). The van der Waals surface area contributed by atoms with Crippen molar-refractivity contribution in [1.29, 1.82) is 0 Å². The molecule has 3 nitrogen and oxygen atoms in total. The van der Waals surface area contributed by atoms with Crippen LogP contribution >= 0.6 is 12.4 Å². The molecule has 1 aromatic carbocycles. The maximum atomic E-state index is 11.5. The summed E-state index contributed by atoms with van der Waals surface area (Å²) in [5, 5.41) is 0.653. The Kier molecular flexibility index (Phi) is 2.81. The summed E-state index contributed by atoms with van der Waals surface area (Å²) in [7, 11) is 0. The van der Waals surface area contributed by atoms with Gasteiger partial charge in [0.2, 0.25) is 5.43 Å². The van der Waals surface area contributed by atoms with Gasteiger partial charge in [-0.1, -0.05) is 12.1 Å². The van der Waals surface area contributed by atoms with Gasteiger partial charge < -0.3 is 10.7 Å². The average Bonchev–Trinajstić information content (AvgIpc) is 2.12. The molecule has 0 saturated heterocycles. The van der Waals surface area contributed by atoms with E-state index in [0.717, 1.165) is 11.1 Å². The molecule has 0 radical (unpaired) electrons. The number of halogens is 1. The quantitative estimate of drug-likeness (QED) is 0.697. The second-order valence-electron chi connectivity index (χ2n) is 3.07. The van der Waals surface area contributed by atoms with Crippen LogP contribution in [0.5, 0.6) is 0 Å². The van der Waals surface area contributed by atoms with Gasteiger partial charge >= 0.3 is 0 Å². The average molecular weight is 211 g/mol. The first-order valence-corrected chi connectivity index (χ1v) is 4.06. The Morgan fingerprint density at radius 1 is 1.36 bits per heavy atom. The molecule has 0 aliphatic heterocycles. The fourth-order valence-corrected chi connectivity index (χ4v) is 1.42. The molecule has 0 aliphatic rings. The minimum atomic E-state index is -0.0996. The number of anilines is 1. The molecular weight excluding hydrogens is 200 g/mol. The van der Waals surface area contributed by atoms with Gasteiger partial charge in [-0.05, 0) is 18.6 Å². The van der Waals surface area contributed by atoms with Gasteiger partial charge in [0, 0.05) is 11.6 Å². The lowest BCUT2D eigenvalue weighted by Gasteiger charge is -2.01. The van der Waals surface area contributed by atoms with E-state index in [4.69, 9.17) is 5.73 Å². The van der Waals surface area contributed by atoms with E-state index < -0.39 is 0 Å². The molecule has 0 amide bonds. The number of benzene rings is 1. The number of aryl methyl sites for hydroxylation is 1. The Morgan fingerprint density at radius 3 is 2.79 bits per heavy atom. The van der Waals surface area contributed by atoms with E-state index in [2.05, 4.69) is 4.98 Å². The highest BCUT2D eigenvalue weighted by molar-refractivity contribution is 5.85. The van der Waals surface area contributed by atoms with Crippen LogP contribution in [0.25, 0.3) is 10.9 Å². The number of nitrogens with two attached hydrogens (primary N) is 1. The third kappa shape index (κ3) is 1.46. The smallest absolute Gasteiger partial charge is 0.212 e. The summed E-state index contributed by atoms with van der Waals surface area (Å²) in [5.41, 5.74) is 7.57. The highest BCUT2D eigenvalue weighted by atomic mass is 35.5. The molecule has 0 bridgehead atoms. The van der Waals surface area contributed by atoms with Gasteiger partial charge in [0.05, 0.1) is 11.2 Å². The van der Waals surface area contributed by atoms with Gasteiger partial charge in [-0.3, -0.25) is 4.79 Å². The van der Waals surface area contributed by atoms with Crippen molar-refractivity contribution in [2.24, 2.45) is 0 Å². The number of pyridine rings is 1. The molecule has 4 heteroatoms. The summed E-state index contributed by atoms with van der Waals surface area (Å²) in [6.45, 7) is 1.95. The molecule has 3 N–H and O–H groups in total. The van der Waals surface area contributed by atoms with E-state index in [1.807, 2.05) is 19.1 Å². The number of H-pyrrole nitrogens is 1. The van der Waals surface area contributed by atoms with Crippen LogP contribution in [0.3, 0.4) is 0 Å². The molecule has 2 aromatic rings. The van der Waals surface area contributed by atoms with Crippen molar-refractivity contribution < 1.29 is 0 Å². The van der Waals surface area contributed by atoms with Crippen LogP contribution in [-0.2, 0) is 0 Å².